The van der Waals surface area contributed by atoms with Crippen LogP contribution in [-0.2, 0) is 11.3 Å². The SMILES string of the molecule is CC(C)OC(=O)c1ccc(-c2ccccc2N2C(=O)NC(=NC3CCCCC3)C23CCN(Cc2cccc(OC(C)C)c2)CC3)cc1. The number of esters is 1. The third-order valence-corrected chi connectivity index (χ3v) is 9.46. The predicted molar refractivity (Wildman–Crippen MR) is 187 cm³/mol. The number of para-hydroxylation sites is 1. The molecule has 1 saturated carbocycles. The van der Waals surface area contributed by atoms with Crippen molar-refractivity contribution in [3.05, 3.63) is 83.9 Å². The van der Waals surface area contributed by atoms with Crippen LogP contribution in [-0.4, -0.2) is 59.6 Å². The zero-order valence-electron chi connectivity index (χ0n) is 28.2. The van der Waals surface area contributed by atoms with Gasteiger partial charge in [-0.2, -0.15) is 0 Å². The number of nitrogens with zero attached hydrogens (tertiary/aromatic N) is 3. The third-order valence-electron chi connectivity index (χ3n) is 9.46. The molecule has 3 aliphatic rings. The van der Waals surface area contributed by atoms with Gasteiger partial charge in [0.15, 0.2) is 0 Å². The summed E-state index contributed by atoms with van der Waals surface area (Å²) in [6, 6.07) is 24.0. The van der Waals surface area contributed by atoms with Crippen LogP contribution < -0.4 is 15.0 Å². The summed E-state index contributed by atoms with van der Waals surface area (Å²) in [5, 5.41) is 3.26. The van der Waals surface area contributed by atoms with Gasteiger partial charge in [0, 0.05) is 25.2 Å². The Hall–Kier alpha value is -4.17. The number of aliphatic imine (C=N–C) groups is 1. The van der Waals surface area contributed by atoms with E-state index in [0.29, 0.717) is 5.56 Å². The number of likely N-dealkylation sites (tertiary alicyclic amines) is 1. The van der Waals surface area contributed by atoms with Crippen LogP contribution in [0.2, 0.25) is 0 Å². The fourth-order valence-electron chi connectivity index (χ4n) is 7.23. The molecule has 2 heterocycles. The molecule has 1 N–H and O–H groups in total. The van der Waals surface area contributed by atoms with Crippen LogP contribution >= 0.6 is 0 Å². The van der Waals surface area contributed by atoms with Crippen molar-refractivity contribution in [1.82, 2.24) is 10.2 Å². The second-order valence-corrected chi connectivity index (χ2v) is 13.7. The molecule has 1 spiro atoms. The summed E-state index contributed by atoms with van der Waals surface area (Å²) >= 11 is 0. The highest BCUT2D eigenvalue weighted by Gasteiger charge is 2.53. The van der Waals surface area contributed by atoms with Crippen molar-refractivity contribution < 1.29 is 19.1 Å². The molecule has 6 rings (SSSR count). The van der Waals surface area contributed by atoms with Gasteiger partial charge in [-0.3, -0.25) is 20.1 Å². The topological polar surface area (TPSA) is 83.5 Å². The van der Waals surface area contributed by atoms with Gasteiger partial charge in [-0.15, -0.1) is 0 Å². The number of hydrogen-bond donors (Lipinski definition) is 1. The third kappa shape index (κ3) is 7.38. The largest absolute Gasteiger partial charge is 0.491 e. The van der Waals surface area contributed by atoms with Crippen molar-refractivity contribution in [3.8, 4) is 16.9 Å². The Morgan fingerprint density at radius 3 is 2.34 bits per heavy atom. The first-order chi connectivity index (χ1) is 22.7. The van der Waals surface area contributed by atoms with Crippen molar-refractivity contribution in [2.24, 2.45) is 4.99 Å². The maximum absolute atomic E-state index is 14.1. The normalized spacial score (nSPS) is 19.5. The van der Waals surface area contributed by atoms with Crippen molar-refractivity contribution >= 4 is 23.5 Å². The maximum atomic E-state index is 14.1. The van der Waals surface area contributed by atoms with Gasteiger partial charge >= 0.3 is 12.0 Å². The first kappa shape index (κ1) is 32.8. The van der Waals surface area contributed by atoms with E-state index in [-0.39, 0.29) is 30.3 Å². The molecule has 47 heavy (non-hydrogen) atoms. The van der Waals surface area contributed by atoms with Gasteiger partial charge in [0.1, 0.15) is 17.1 Å². The summed E-state index contributed by atoms with van der Waals surface area (Å²) in [5.74, 6) is 1.38. The predicted octanol–water partition coefficient (Wildman–Crippen LogP) is 8.00. The number of carbonyl (C=O) groups is 2. The van der Waals surface area contributed by atoms with E-state index < -0.39 is 5.54 Å². The molecule has 3 aromatic carbocycles. The number of piperidine rings is 1. The number of nitrogens with one attached hydrogen (secondary N) is 1. The van der Waals surface area contributed by atoms with Crippen LogP contribution in [0.1, 0.15) is 88.6 Å². The van der Waals surface area contributed by atoms with Crippen LogP contribution in [0.15, 0.2) is 77.8 Å². The second-order valence-electron chi connectivity index (χ2n) is 13.7. The number of rotatable bonds is 9. The molecule has 3 fully saturated rings. The molecule has 2 aliphatic heterocycles. The lowest BCUT2D eigenvalue weighted by atomic mass is 9.84. The maximum Gasteiger partial charge on any atom is 0.338 e. The molecule has 0 atom stereocenters. The molecule has 0 aromatic heterocycles. The summed E-state index contributed by atoms with van der Waals surface area (Å²) in [4.78, 5) is 36.3. The van der Waals surface area contributed by atoms with Gasteiger partial charge in [-0.05, 0) is 94.8 Å². The number of hydrogen-bond acceptors (Lipinski definition) is 6. The molecule has 8 nitrogen and oxygen atoms in total. The Bertz CT molecular complexity index is 1580. The fourth-order valence-corrected chi connectivity index (χ4v) is 7.23. The van der Waals surface area contributed by atoms with Gasteiger partial charge in [-0.1, -0.05) is 61.7 Å². The number of carbonyl (C=O) groups excluding carboxylic acids is 2. The number of urea groups is 1. The van der Waals surface area contributed by atoms with Gasteiger partial charge < -0.3 is 9.47 Å². The molecular weight excluding hydrogens is 588 g/mol. The van der Waals surface area contributed by atoms with Crippen LogP contribution in [0, 0.1) is 0 Å². The van der Waals surface area contributed by atoms with Crippen molar-refractivity contribution in [2.75, 3.05) is 18.0 Å². The summed E-state index contributed by atoms with van der Waals surface area (Å²) in [6.45, 7) is 10.3. The van der Waals surface area contributed by atoms with Crippen LogP contribution in [0.4, 0.5) is 10.5 Å². The quantitative estimate of drug-likeness (QED) is 0.241. The number of amides is 2. The van der Waals surface area contributed by atoms with Crippen molar-refractivity contribution in [3.63, 3.8) is 0 Å². The Labute approximate surface area is 279 Å². The minimum atomic E-state index is -0.565. The van der Waals surface area contributed by atoms with E-state index in [1.165, 1.54) is 24.8 Å². The smallest absolute Gasteiger partial charge is 0.338 e. The lowest BCUT2D eigenvalue weighted by molar-refractivity contribution is 0.0378. The minimum absolute atomic E-state index is 0.127. The molecular formula is C39H48N4O4. The van der Waals surface area contributed by atoms with Gasteiger partial charge in [0.25, 0.3) is 0 Å². The van der Waals surface area contributed by atoms with E-state index in [0.717, 1.165) is 73.7 Å². The Morgan fingerprint density at radius 1 is 0.915 bits per heavy atom. The van der Waals surface area contributed by atoms with E-state index in [1.54, 1.807) is 12.1 Å². The average molecular weight is 637 g/mol. The minimum Gasteiger partial charge on any atom is -0.491 e. The Morgan fingerprint density at radius 2 is 1.64 bits per heavy atom. The van der Waals surface area contributed by atoms with E-state index in [4.69, 9.17) is 14.5 Å². The fraction of sp³-hybridized carbons (Fsp3) is 0.462. The highest BCUT2D eigenvalue weighted by Crippen LogP contribution is 2.43. The van der Waals surface area contributed by atoms with Gasteiger partial charge in [0.05, 0.1) is 29.5 Å². The zero-order valence-corrected chi connectivity index (χ0v) is 28.2. The molecule has 2 amide bonds. The second kappa shape index (κ2) is 14.3. The Balaban J connectivity index is 1.30. The first-order valence-corrected chi connectivity index (χ1v) is 17.3. The average Bonchev–Trinajstić information content (AvgIpc) is 3.31. The summed E-state index contributed by atoms with van der Waals surface area (Å²) in [7, 11) is 0. The summed E-state index contributed by atoms with van der Waals surface area (Å²) < 4.78 is 11.3. The first-order valence-electron chi connectivity index (χ1n) is 17.3. The van der Waals surface area contributed by atoms with E-state index in [2.05, 4.69) is 34.5 Å². The molecule has 8 heteroatoms. The molecule has 3 aromatic rings. The van der Waals surface area contributed by atoms with Crippen molar-refractivity contribution in [1.29, 1.82) is 0 Å². The number of amidine groups is 1. The standard InChI is InChI=1S/C39H48N4O4/c1-27(2)46-33-14-10-11-29(25-33)26-42-23-21-39(22-24-42)37(40-32-12-6-5-7-13-32)41-38(45)43(39)35-16-9-8-15-34(35)30-17-19-31(20-18-30)36(44)47-28(3)4/h8-11,14-20,25,27-28,32H,5-7,12-13,21-24,26H2,1-4H3,(H,40,41,45). The molecule has 0 radical (unpaired) electrons. The van der Waals surface area contributed by atoms with Crippen LogP contribution in [0.5, 0.6) is 5.75 Å². The zero-order chi connectivity index (χ0) is 33.0. The van der Waals surface area contributed by atoms with Crippen LogP contribution in [0.3, 0.4) is 0 Å². The number of benzene rings is 3. The van der Waals surface area contributed by atoms with Gasteiger partial charge in [0.2, 0.25) is 0 Å². The number of ether oxygens (including phenoxy) is 2. The van der Waals surface area contributed by atoms with Crippen LogP contribution in [0.25, 0.3) is 11.1 Å². The monoisotopic (exact) mass is 636 g/mol. The Kier molecular flexibility index (Phi) is 9.97. The van der Waals surface area contributed by atoms with E-state index in [9.17, 15) is 9.59 Å². The van der Waals surface area contributed by atoms with E-state index >= 15 is 0 Å². The highest BCUT2D eigenvalue weighted by atomic mass is 16.5. The molecule has 0 bridgehead atoms. The molecule has 0 unspecified atom stereocenters. The summed E-state index contributed by atoms with van der Waals surface area (Å²) in [6.07, 6.45) is 7.24. The molecule has 2 saturated heterocycles. The molecule has 1 aliphatic carbocycles. The number of anilines is 1. The van der Waals surface area contributed by atoms with E-state index in [1.807, 2.05) is 69.0 Å². The van der Waals surface area contributed by atoms with Crippen molar-refractivity contribution in [2.45, 2.75) is 103 Å². The molecule has 248 valence electrons. The highest BCUT2D eigenvalue weighted by molar-refractivity contribution is 6.20. The summed E-state index contributed by atoms with van der Waals surface area (Å²) in [5.41, 5.74) is 3.88. The lowest BCUT2D eigenvalue weighted by Gasteiger charge is -2.44. The lowest BCUT2D eigenvalue weighted by Crippen LogP contribution is -2.57. The van der Waals surface area contributed by atoms with Gasteiger partial charge in [-0.25, -0.2) is 9.59 Å².